The average molecular weight is 256 g/mol. The second-order valence-corrected chi connectivity index (χ2v) is 4.53. The Morgan fingerprint density at radius 3 is 2.59 bits per heavy atom. The minimum absolute atomic E-state index is 0.0317. The van der Waals surface area contributed by atoms with Gasteiger partial charge in [0.1, 0.15) is 13.1 Å². The molecular formula is C12H16ClN2O2+. The summed E-state index contributed by atoms with van der Waals surface area (Å²) < 4.78 is 5.25. The van der Waals surface area contributed by atoms with Crippen LogP contribution < -0.4 is 10.2 Å². The summed E-state index contributed by atoms with van der Waals surface area (Å²) in [5.41, 5.74) is 0.784. The standard InChI is InChI=1S/C12H15ClN2O2/c13-10-1-3-11(4-2-10)14-12(16)9-15-5-7-17-8-6-15/h1-4H,5-9H2,(H,14,16)/p+1. The van der Waals surface area contributed by atoms with Crippen molar-refractivity contribution in [3.8, 4) is 0 Å². The summed E-state index contributed by atoms with van der Waals surface area (Å²) >= 11 is 5.77. The maximum absolute atomic E-state index is 11.8. The first kappa shape index (κ1) is 12.4. The van der Waals surface area contributed by atoms with Gasteiger partial charge in [0.25, 0.3) is 5.91 Å². The molecule has 1 heterocycles. The van der Waals surface area contributed by atoms with E-state index in [0.717, 1.165) is 32.0 Å². The molecule has 0 saturated carbocycles. The molecule has 0 aromatic heterocycles. The van der Waals surface area contributed by atoms with E-state index in [1.165, 1.54) is 4.90 Å². The molecule has 1 amide bonds. The number of benzene rings is 1. The van der Waals surface area contributed by atoms with E-state index in [4.69, 9.17) is 16.3 Å². The summed E-state index contributed by atoms with van der Waals surface area (Å²) in [5, 5.41) is 3.53. The Morgan fingerprint density at radius 1 is 1.29 bits per heavy atom. The molecule has 1 aliphatic heterocycles. The van der Waals surface area contributed by atoms with Crippen LogP contribution in [0.2, 0.25) is 5.02 Å². The minimum Gasteiger partial charge on any atom is -0.370 e. The third-order valence-electron chi connectivity index (χ3n) is 2.74. The number of anilines is 1. The number of morpholine rings is 1. The minimum atomic E-state index is 0.0317. The van der Waals surface area contributed by atoms with Crippen LogP contribution >= 0.6 is 11.6 Å². The lowest BCUT2D eigenvalue weighted by Crippen LogP contribution is -3.15. The summed E-state index contributed by atoms with van der Waals surface area (Å²) in [4.78, 5) is 13.0. The number of hydrogen-bond acceptors (Lipinski definition) is 2. The van der Waals surface area contributed by atoms with Gasteiger partial charge >= 0.3 is 0 Å². The van der Waals surface area contributed by atoms with Gasteiger partial charge in [-0.05, 0) is 24.3 Å². The Balaban J connectivity index is 1.82. The molecule has 1 aliphatic rings. The van der Waals surface area contributed by atoms with Crippen LogP contribution in [0.4, 0.5) is 5.69 Å². The summed E-state index contributed by atoms with van der Waals surface area (Å²) in [6.45, 7) is 3.77. The topological polar surface area (TPSA) is 42.8 Å². The van der Waals surface area contributed by atoms with Crippen LogP contribution in [0.5, 0.6) is 0 Å². The number of quaternary nitrogens is 1. The Morgan fingerprint density at radius 2 is 1.94 bits per heavy atom. The number of carbonyl (C=O) groups is 1. The van der Waals surface area contributed by atoms with Gasteiger partial charge in [-0.1, -0.05) is 11.6 Å². The highest BCUT2D eigenvalue weighted by molar-refractivity contribution is 6.30. The van der Waals surface area contributed by atoms with Crippen LogP contribution in [0.15, 0.2) is 24.3 Å². The lowest BCUT2D eigenvalue weighted by Gasteiger charge is -2.23. The van der Waals surface area contributed by atoms with Gasteiger partial charge in [0.15, 0.2) is 6.54 Å². The highest BCUT2D eigenvalue weighted by Gasteiger charge is 2.17. The van der Waals surface area contributed by atoms with Gasteiger partial charge in [-0.2, -0.15) is 0 Å². The van der Waals surface area contributed by atoms with E-state index < -0.39 is 0 Å². The van der Waals surface area contributed by atoms with Crippen LogP contribution in [0, 0.1) is 0 Å². The number of nitrogens with one attached hydrogen (secondary N) is 2. The van der Waals surface area contributed by atoms with Gasteiger partial charge in [0.2, 0.25) is 0 Å². The zero-order chi connectivity index (χ0) is 12.1. The van der Waals surface area contributed by atoms with E-state index in [0.29, 0.717) is 11.6 Å². The molecule has 0 spiro atoms. The molecular weight excluding hydrogens is 240 g/mol. The third kappa shape index (κ3) is 4.00. The quantitative estimate of drug-likeness (QED) is 0.810. The molecule has 1 aromatic rings. The van der Waals surface area contributed by atoms with Crippen molar-refractivity contribution in [3.05, 3.63) is 29.3 Å². The third-order valence-corrected chi connectivity index (χ3v) is 2.99. The fraction of sp³-hybridized carbons (Fsp3) is 0.417. The Hall–Kier alpha value is -1.10. The fourth-order valence-electron chi connectivity index (χ4n) is 1.80. The molecule has 4 nitrogen and oxygen atoms in total. The summed E-state index contributed by atoms with van der Waals surface area (Å²) in [5.74, 6) is 0.0317. The van der Waals surface area contributed by atoms with Crippen molar-refractivity contribution < 1.29 is 14.4 Å². The van der Waals surface area contributed by atoms with Gasteiger partial charge in [-0.3, -0.25) is 4.79 Å². The second-order valence-electron chi connectivity index (χ2n) is 4.09. The fourth-order valence-corrected chi connectivity index (χ4v) is 1.93. The smallest absolute Gasteiger partial charge is 0.279 e. The number of ether oxygens (including phenoxy) is 1. The molecule has 92 valence electrons. The monoisotopic (exact) mass is 255 g/mol. The van der Waals surface area contributed by atoms with Crippen molar-refractivity contribution in [2.24, 2.45) is 0 Å². The Kier molecular flexibility index (Phi) is 4.36. The van der Waals surface area contributed by atoms with Crippen LogP contribution in [0.1, 0.15) is 0 Å². The number of amides is 1. The van der Waals surface area contributed by atoms with E-state index in [9.17, 15) is 4.79 Å². The number of hydrogen-bond donors (Lipinski definition) is 2. The number of carbonyl (C=O) groups excluding carboxylic acids is 1. The lowest BCUT2D eigenvalue weighted by atomic mass is 10.3. The van der Waals surface area contributed by atoms with Gasteiger partial charge in [0.05, 0.1) is 13.2 Å². The molecule has 0 bridgehead atoms. The molecule has 17 heavy (non-hydrogen) atoms. The molecule has 1 saturated heterocycles. The molecule has 0 unspecified atom stereocenters. The Bertz CT molecular complexity index is 375. The maximum atomic E-state index is 11.8. The van der Waals surface area contributed by atoms with Gasteiger partial charge in [-0.15, -0.1) is 0 Å². The number of rotatable bonds is 3. The molecule has 2 N–H and O–H groups in total. The van der Waals surface area contributed by atoms with E-state index in [-0.39, 0.29) is 5.91 Å². The summed E-state index contributed by atoms with van der Waals surface area (Å²) in [7, 11) is 0. The molecule has 1 fully saturated rings. The van der Waals surface area contributed by atoms with E-state index >= 15 is 0 Å². The van der Waals surface area contributed by atoms with E-state index in [1.54, 1.807) is 24.3 Å². The van der Waals surface area contributed by atoms with Crippen molar-refractivity contribution in [2.75, 3.05) is 38.2 Å². The highest BCUT2D eigenvalue weighted by atomic mass is 35.5. The molecule has 0 atom stereocenters. The molecule has 2 rings (SSSR count). The molecule has 5 heteroatoms. The van der Waals surface area contributed by atoms with Crippen molar-refractivity contribution >= 4 is 23.2 Å². The van der Waals surface area contributed by atoms with Crippen molar-refractivity contribution in [3.63, 3.8) is 0 Å². The van der Waals surface area contributed by atoms with E-state index in [2.05, 4.69) is 5.32 Å². The average Bonchev–Trinajstić information content (AvgIpc) is 2.33. The maximum Gasteiger partial charge on any atom is 0.279 e. The first-order chi connectivity index (χ1) is 8.24. The normalized spacial score (nSPS) is 16.8. The van der Waals surface area contributed by atoms with Crippen molar-refractivity contribution in [1.82, 2.24) is 0 Å². The second kappa shape index (κ2) is 6.00. The molecule has 0 aliphatic carbocycles. The Labute approximate surface area is 106 Å². The predicted octanol–water partition coefficient (Wildman–Crippen LogP) is 0.194. The van der Waals surface area contributed by atoms with Crippen LogP contribution in [0.3, 0.4) is 0 Å². The van der Waals surface area contributed by atoms with Crippen molar-refractivity contribution in [1.29, 1.82) is 0 Å². The zero-order valence-electron chi connectivity index (χ0n) is 9.54. The predicted molar refractivity (Wildman–Crippen MR) is 66.5 cm³/mol. The van der Waals surface area contributed by atoms with Gasteiger partial charge < -0.3 is 15.0 Å². The van der Waals surface area contributed by atoms with Crippen LogP contribution in [0.25, 0.3) is 0 Å². The van der Waals surface area contributed by atoms with Gasteiger partial charge in [0, 0.05) is 10.7 Å². The first-order valence-corrected chi connectivity index (χ1v) is 6.08. The highest BCUT2D eigenvalue weighted by Crippen LogP contribution is 2.12. The van der Waals surface area contributed by atoms with Gasteiger partial charge in [-0.25, -0.2) is 0 Å². The first-order valence-electron chi connectivity index (χ1n) is 5.71. The van der Waals surface area contributed by atoms with Crippen LogP contribution in [-0.2, 0) is 9.53 Å². The van der Waals surface area contributed by atoms with E-state index in [1.807, 2.05) is 0 Å². The largest absolute Gasteiger partial charge is 0.370 e. The molecule has 1 aromatic carbocycles. The molecule has 0 radical (unpaired) electrons. The summed E-state index contributed by atoms with van der Waals surface area (Å²) in [6, 6.07) is 7.13. The van der Waals surface area contributed by atoms with Crippen LogP contribution in [-0.4, -0.2) is 38.8 Å². The van der Waals surface area contributed by atoms with Crippen molar-refractivity contribution in [2.45, 2.75) is 0 Å². The SMILES string of the molecule is O=C(C[NH+]1CCOCC1)Nc1ccc(Cl)cc1. The zero-order valence-corrected chi connectivity index (χ0v) is 10.3. The summed E-state index contributed by atoms with van der Waals surface area (Å²) in [6.07, 6.45) is 0. The number of halogens is 1. The lowest BCUT2D eigenvalue weighted by molar-refractivity contribution is -0.899.